The second-order valence-electron chi connectivity index (χ2n) is 9.51. The second-order valence-corrected chi connectivity index (χ2v) is 9.51. The minimum Gasteiger partial charge on any atom is -0.343 e. The Kier molecular flexibility index (Phi) is 6.87. The maximum atomic E-state index is 12.7. The Morgan fingerprint density at radius 2 is 1.81 bits per heavy atom. The first kappa shape index (κ1) is 22.4. The smallest absolute Gasteiger partial charge is 0.228 e. The highest BCUT2D eigenvalue weighted by molar-refractivity contribution is 5.95. The number of hydrogen-bond donors (Lipinski definition) is 0. The average molecular weight is 435 g/mol. The lowest BCUT2D eigenvalue weighted by molar-refractivity contribution is -0.132. The van der Waals surface area contributed by atoms with Gasteiger partial charge in [-0.3, -0.25) is 14.5 Å². The number of carbonyl (C=O) groups excluding carboxylic acids is 2. The van der Waals surface area contributed by atoms with Crippen molar-refractivity contribution in [2.24, 2.45) is 5.92 Å². The number of benzene rings is 1. The van der Waals surface area contributed by atoms with Crippen molar-refractivity contribution in [3.8, 4) is 0 Å². The van der Waals surface area contributed by atoms with E-state index in [1.165, 1.54) is 5.56 Å². The third-order valence-electron chi connectivity index (χ3n) is 6.59. The molecule has 3 heterocycles. The number of rotatable bonds is 6. The fourth-order valence-corrected chi connectivity index (χ4v) is 4.78. The summed E-state index contributed by atoms with van der Waals surface area (Å²) >= 11 is 0. The van der Waals surface area contributed by atoms with Crippen molar-refractivity contribution in [1.82, 2.24) is 14.9 Å². The maximum Gasteiger partial charge on any atom is 0.228 e. The highest BCUT2D eigenvalue weighted by atomic mass is 16.2. The average Bonchev–Trinajstić information content (AvgIpc) is 2.80. The lowest BCUT2D eigenvalue weighted by atomic mass is 9.94. The van der Waals surface area contributed by atoms with Crippen LogP contribution in [0.1, 0.15) is 68.1 Å². The Morgan fingerprint density at radius 1 is 1.09 bits per heavy atom. The normalized spacial score (nSPS) is 17.1. The summed E-state index contributed by atoms with van der Waals surface area (Å²) in [6.07, 6.45) is 4.33. The third-order valence-corrected chi connectivity index (χ3v) is 6.59. The number of aryl methyl sites for hydroxylation is 2. The summed E-state index contributed by atoms with van der Waals surface area (Å²) in [5.41, 5.74) is 3.31. The van der Waals surface area contributed by atoms with Crippen molar-refractivity contribution >= 4 is 17.6 Å². The number of piperidine rings is 1. The minimum atomic E-state index is 0.161. The molecule has 0 saturated carbocycles. The van der Waals surface area contributed by atoms with E-state index in [9.17, 15) is 9.59 Å². The number of nitrogens with zero attached hydrogens (tertiary/aromatic N) is 4. The SMILES string of the molecule is Cc1nc(C2CCN(C(=O)CCc3ccccc3)CC2)nc2c1CCC(=O)N2CC(C)C. The topological polar surface area (TPSA) is 66.4 Å². The van der Waals surface area contributed by atoms with E-state index >= 15 is 0 Å². The molecule has 2 aliphatic rings. The molecule has 6 nitrogen and oxygen atoms in total. The van der Waals surface area contributed by atoms with Gasteiger partial charge in [0, 0.05) is 49.7 Å². The van der Waals surface area contributed by atoms with Crippen LogP contribution in [0.5, 0.6) is 0 Å². The summed E-state index contributed by atoms with van der Waals surface area (Å²) in [6, 6.07) is 10.2. The lowest BCUT2D eigenvalue weighted by Gasteiger charge is -2.34. The second kappa shape index (κ2) is 9.80. The molecule has 170 valence electrons. The van der Waals surface area contributed by atoms with E-state index in [-0.39, 0.29) is 17.7 Å². The van der Waals surface area contributed by atoms with E-state index in [2.05, 4.69) is 26.0 Å². The van der Waals surface area contributed by atoms with Crippen LogP contribution in [0.2, 0.25) is 0 Å². The Labute approximate surface area is 191 Å². The maximum absolute atomic E-state index is 12.7. The fraction of sp³-hybridized carbons (Fsp3) is 0.538. The van der Waals surface area contributed by atoms with Gasteiger partial charge in [-0.05, 0) is 44.1 Å². The minimum absolute atomic E-state index is 0.161. The van der Waals surface area contributed by atoms with Crippen molar-refractivity contribution in [3.05, 3.63) is 53.0 Å². The van der Waals surface area contributed by atoms with Crippen LogP contribution < -0.4 is 4.90 Å². The molecule has 0 spiro atoms. The highest BCUT2D eigenvalue weighted by Crippen LogP contribution is 2.33. The third kappa shape index (κ3) is 5.00. The molecule has 6 heteroatoms. The number of hydrogen-bond acceptors (Lipinski definition) is 4. The van der Waals surface area contributed by atoms with Gasteiger partial charge in [0.15, 0.2) is 0 Å². The molecule has 32 heavy (non-hydrogen) atoms. The molecule has 0 atom stereocenters. The number of carbonyl (C=O) groups is 2. The number of amides is 2. The van der Waals surface area contributed by atoms with E-state index in [1.54, 1.807) is 0 Å². The first-order valence-corrected chi connectivity index (χ1v) is 11.9. The molecule has 4 rings (SSSR count). The van der Waals surface area contributed by atoms with Gasteiger partial charge >= 0.3 is 0 Å². The zero-order valence-electron chi connectivity index (χ0n) is 19.5. The van der Waals surface area contributed by atoms with Crippen LogP contribution in [0.25, 0.3) is 0 Å². The monoisotopic (exact) mass is 434 g/mol. The van der Waals surface area contributed by atoms with Crippen molar-refractivity contribution < 1.29 is 9.59 Å². The van der Waals surface area contributed by atoms with Gasteiger partial charge in [-0.1, -0.05) is 44.2 Å². The molecular formula is C26H34N4O2. The molecule has 2 amide bonds. The molecule has 1 aromatic carbocycles. The fourth-order valence-electron chi connectivity index (χ4n) is 4.78. The molecule has 1 saturated heterocycles. The van der Waals surface area contributed by atoms with Crippen LogP contribution in [-0.4, -0.2) is 46.3 Å². The summed E-state index contributed by atoms with van der Waals surface area (Å²) < 4.78 is 0. The summed E-state index contributed by atoms with van der Waals surface area (Å²) in [5.74, 6) is 2.65. The van der Waals surface area contributed by atoms with Gasteiger partial charge in [-0.2, -0.15) is 0 Å². The van der Waals surface area contributed by atoms with Gasteiger partial charge in [-0.25, -0.2) is 9.97 Å². The Hall–Kier alpha value is -2.76. The summed E-state index contributed by atoms with van der Waals surface area (Å²) in [4.78, 5) is 38.9. The van der Waals surface area contributed by atoms with Gasteiger partial charge in [0.05, 0.1) is 0 Å². The van der Waals surface area contributed by atoms with Crippen LogP contribution in [0.3, 0.4) is 0 Å². The highest BCUT2D eigenvalue weighted by Gasteiger charge is 2.31. The van der Waals surface area contributed by atoms with Gasteiger partial charge in [0.1, 0.15) is 11.6 Å². The van der Waals surface area contributed by atoms with Crippen molar-refractivity contribution in [1.29, 1.82) is 0 Å². The van der Waals surface area contributed by atoms with E-state index in [0.29, 0.717) is 25.3 Å². The molecule has 2 aromatic rings. The van der Waals surface area contributed by atoms with Gasteiger partial charge in [0.25, 0.3) is 0 Å². The van der Waals surface area contributed by atoms with Crippen molar-refractivity contribution in [2.75, 3.05) is 24.5 Å². The molecule has 2 aliphatic heterocycles. The molecule has 0 aliphatic carbocycles. The van der Waals surface area contributed by atoms with Gasteiger partial charge < -0.3 is 4.90 Å². The van der Waals surface area contributed by atoms with Crippen LogP contribution in [-0.2, 0) is 22.4 Å². The predicted octanol–water partition coefficient (Wildman–Crippen LogP) is 4.06. The number of likely N-dealkylation sites (tertiary alicyclic amines) is 1. The summed E-state index contributed by atoms with van der Waals surface area (Å²) in [5, 5.41) is 0. The first-order valence-electron chi connectivity index (χ1n) is 11.9. The molecule has 0 unspecified atom stereocenters. The Balaban J connectivity index is 1.41. The zero-order valence-corrected chi connectivity index (χ0v) is 19.5. The van der Waals surface area contributed by atoms with E-state index in [0.717, 1.165) is 61.7 Å². The van der Waals surface area contributed by atoms with Gasteiger partial charge in [-0.15, -0.1) is 0 Å². The zero-order chi connectivity index (χ0) is 22.7. The molecule has 1 fully saturated rings. The molecule has 1 aromatic heterocycles. The Bertz CT molecular complexity index is 965. The molecule has 0 N–H and O–H groups in total. The number of anilines is 1. The molecule has 0 bridgehead atoms. The van der Waals surface area contributed by atoms with Crippen LogP contribution in [0.4, 0.5) is 5.82 Å². The van der Waals surface area contributed by atoms with Crippen molar-refractivity contribution in [2.45, 2.75) is 65.2 Å². The van der Waals surface area contributed by atoms with E-state index in [4.69, 9.17) is 9.97 Å². The summed E-state index contributed by atoms with van der Waals surface area (Å²) in [7, 11) is 0. The van der Waals surface area contributed by atoms with E-state index in [1.807, 2.05) is 34.9 Å². The summed E-state index contributed by atoms with van der Waals surface area (Å²) in [6.45, 7) is 8.46. The quantitative estimate of drug-likeness (QED) is 0.688. The Morgan fingerprint density at radius 3 is 2.50 bits per heavy atom. The van der Waals surface area contributed by atoms with Crippen LogP contribution in [0, 0.1) is 12.8 Å². The molecule has 0 radical (unpaired) electrons. The van der Waals surface area contributed by atoms with Crippen LogP contribution >= 0.6 is 0 Å². The number of fused-ring (bicyclic) bond motifs is 1. The molecular weight excluding hydrogens is 400 g/mol. The van der Waals surface area contributed by atoms with Crippen molar-refractivity contribution in [3.63, 3.8) is 0 Å². The van der Waals surface area contributed by atoms with E-state index < -0.39 is 0 Å². The standard InChI is InChI=1S/C26H34N4O2/c1-18(2)17-30-24(32)12-10-22-19(3)27-25(28-26(22)30)21-13-15-29(16-14-21)23(31)11-9-20-7-5-4-6-8-20/h4-8,18,21H,9-17H2,1-3H3. The largest absolute Gasteiger partial charge is 0.343 e. The van der Waals surface area contributed by atoms with Crippen LogP contribution in [0.15, 0.2) is 30.3 Å². The predicted molar refractivity (Wildman–Crippen MR) is 126 cm³/mol. The van der Waals surface area contributed by atoms with Gasteiger partial charge in [0.2, 0.25) is 11.8 Å². The number of aromatic nitrogens is 2. The lowest BCUT2D eigenvalue weighted by Crippen LogP contribution is -2.40. The first-order chi connectivity index (χ1) is 15.4.